The topological polar surface area (TPSA) is 77.9 Å². The van der Waals surface area contributed by atoms with Crippen molar-refractivity contribution in [2.45, 2.75) is 32.6 Å². The number of aryl methyl sites for hydroxylation is 1. The minimum atomic E-state index is -2.54. The summed E-state index contributed by atoms with van der Waals surface area (Å²) >= 11 is 0. The minimum Gasteiger partial charge on any atom is -0.493 e. The van der Waals surface area contributed by atoms with Crippen molar-refractivity contribution in [1.29, 1.82) is 0 Å². The van der Waals surface area contributed by atoms with E-state index in [0.717, 1.165) is 42.3 Å². The lowest BCUT2D eigenvalue weighted by Crippen LogP contribution is -2.56. The Hall–Kier alpha value is -3.88. The number of anilines is 4. The first-order valence-corrected chi connectivity index (χ1v) is 12.3. The van der Waals surface area contributed by atoms with Crippen molar-refractivity contribution in [3.05, 3.63) is 72.1 Å². The van der Waals surface area contributed by atoms with Crippen molar-refractivity contribution in [3.63, 3.8) is 0 Å². The molecule has 2 aromatic carbocycles. The molecule has 37 heavy (non-hydrogen) atoms. The summed E-state index contributed by atoms with van der Waals surface area (Å²) in [4.78, 5) is 18.1. The molecule has 1 aromatic heterocycles. The molecule has 0 bridgehead atoms. The van der Waals surface area contributed by atoms with Gasteiger partial charge in [0.1, 0.15) is 5.75 Å². The van der Waals surface area contributed by atoms with Crippen LogP contribution in [0.5, 0.6) is 5.75 Å². The zero-order valence-electron chi connectivity index (χ0n) is 21.7. The Bertz CT molecular complexity index is 1180. The fourth-order valence-electron chi connectivity index (χ4n) is 4.05. The third-order valence-electron chi connectivity index (χ3n) is 6.05. The number of hydrogen-bond donors (Lipinski definition) is 2. The Kier molecular flexibility index (Phi) is 9.27. The summed E-state index contributed by atoms with van der Waals surface area (Å²) in [5, 5.41) is 11.4. The summed E-state index contributed by atoms with van der Waals surface area (Å²) in [5.74, 6) is -2.53. The van der Waals surface area contributed by atoms with Crippen molar-refractivity contribution in [2.75, 3.05) is 48.9 Å². The molecule has 0 radical (unpaired) electrons. The summed E-state index contributed by atoms with van der Waals surface area (Å²) in [6.07, 6.45) is 5.06. The van der Waals surface area contributed by atoms with Gasteiger partial charge in [-0.1, -0.05) is 19.9 Å². The van der Waals surface area contributed by atoms with Crippen molar-refractivity contribution in [2.24, 2.45) is 0 Å². The van der Waals surface area contributed by atoms with Gasteiger partial charge in [0, 0.05) is 43.4 Å². The highest BCUT2D eigenvalue weighted by atomic mass is 19.3. The predicted molar refractivity (Wildman–Crippen MR) is 144 cm³/mol. The van der Waals surface area contributed by atoms with Gasteiger partial charge in [0.25, 0.3) is 5.92 Å². The number of rotatable bonds is 5. The number of nitrogens with zero attached hydrogens (tertiary/aromatic N) is 3. The molecular weight excluding hydrogens is 478 g/mol. The number of carboxylic acids is 1. The molecule has 5 rings (SSSR count). The fraction of sp³-hybridized carbons (Fsp3) is 0.357. The molecule has 2 aliphatic rings. The number of nitrogens with one attached hydrogen (secondary N) is 1. The second kappa shape index (κ2) is 12.4. The molecular formula is C28H34F2N4O3. The van der Waals surface area contributed by atoms with Crippen LogP contribution in [0.3, 0.4) is 0 Å². The van der Waals surface area contributed by atoms with Crippen molar-refractivity contribution in [3.8, 4) is 5.75 Å². The highest BCUT2D eigenvalue weighted by Crippen LogP contribution is 2.35. The number of carboxylic acid groups (broad SMARTS) is 1. The van der Waals surface area contributed by atoms with Crippen molar-refractivity contribution < 1.29 is 23.4 Å². The van der Waals surface area contributed by atoms with E-state index in [0.29, 0.717) is 5.69 Å². The average molecular weight is 513 g/mol. The van der Waals surface area contributed by atoms with Crippen molar-refractivity contribution >= 4 is 28.7 Å². The van der Waals surface area contributed by atoms with Gasteiger partial charge in [-0.3, -0.25) is 4.98 Å². The molecule has 0 spiro atoms. The van der Waals surface area contributed by atoms with E-state index in [2.05, 4.69) is 33.4 Å². The van der Waals surface area contributed by atoms with Gasteiger partial charge in [0.15, 0.2) is 0 Å². The molecule has 3 heterocycles. The number of benzene rings is 2. The van der Waals surface area contributed by atoms with E-state index in [1.54, 1.807) is 11.9 Å². The van der Waals surface area contributed by atoms with Gasteiger partial charge in [0.2, 0.25) is 0 Å². The monoisotopic (exact) mass is 512 g/mol. The van der Waals surface area contributed by atoms with Crippen LogP contribution in [0.25, 0.3) is 0 Å². The van der Waals surface area contributed by atoms with Crippen LogP contribution < -0.4 is 19.9 Å². The van der Waals surface area contributed by atoms with Crippen LogP contribution in [0.4, 0.5) is 31.5 Å². The molecule has 7 nitrogen and oxygen atoms in total. The molecule has 1 saturated heterocycles. The number of carbonyl (C=O) groups is 1. The highest BCUT2D eigenvalue weighted by molar-refractivity contribution is 5.93. The predicted octanol–water partition coefficient (Wildman–Crippen LogP) is 6.08. The highest BCUT2D eigenvalue weighted by Gasteiger charge is 2.43. The number of halogens is 2. The Morgan fingerprint density at radius 2 is 1.78 bits per heavy atom. The van der Waals surface area contributed by atoms with Crippen LogP contribution in [-0.2, 0) is 6.42 Å². The number of alkyl halides is 2. The first-order chi connectivity index (χ1) is 17.8. The Morgan fingerprint density at radius 3 is 2.38 bits per heavy atom. The maximum Gasteiger partial charge on any atom is 0.337 e. The first-order valence-electron chi connectivity index (χ1n) is 12.3. The molecule has 3 aromatic rings. The van der Waals surface area contributed by atoms with Crippen LogP contribution in [0.2, 0.25) is 0 Å². The quantitative estimate of drug-likeness (QED) is 0.429. The molecule has 1 fully saturated rings. The molecule has 0 saturated carbocycles. The molecule has 0 amide bonds. The number of aromatic nitrogens is 1. The largest absolute Gasteiger partial charge is 0.493 e. The lowest BCUT2D eigenvalue weighted by atomic mass is 10.1. The molecule has 0 atom stereocenters. The third-order valence-corrected chi connectivity index (χ3v) is 6.05. The minimum absolute atomic E-state index is 0.190. The summed E-state index contributed by atoms with van der Waals surface area (Å²) in [5.41, 5.74) is 4.93. The molecule has 9 heteroatoms. The molecule has 2 N–H and O–H groups in total. The molecule has 198 valence electrons. The van der Waals surface area contributed by atoms with Gasteiger partial charge in [-0.25, -0.2) is 13.6 Å². The van der Waals surface area contributed by atoms with E-state index in [1.165, 1.54) is 24.0 Å². The Morgan fingerprint density at radius 1 is 1.11 bits per heavy atom. The van der Waals surface area contributed by atoms with Crippen molar-refractivity contribution in [1.82, 2.24) is 4.98 Å². The third kappa shape index (κ3) is 6.87. The number of aromatic carboxylic acids is 1. The van der Waals surface area contributed by atoms with Crippen LogP contribution in [0.15, 0.2) is 60.9 Å². The summed E-state index contributed by atoms with van der Waals surface area (Å²) in [6.45, 7) is 4.39. The van der Waals surface area contributed by atoms with E-state index in [4.69, 9.17) is 9.84 Å². The normalized spacial score (nSPS) is 14.8. The van der Waals surface area contributed by atoms with Crippen LogP contribution in [0.1, 0.15) is 36.2 Å². The van der Waals surface area contributed by atoms with E-state index >= 15 is 0 Å². The number of hydrogen-bond acceptors (Lipinski definition) is 6. The standard InChI is InChI=1S/C19H20F2N2O.C7H8N2O2.C2H6/c1-22(17-5-4-14-3-2-10-24-18(14)11-17)15-6-8-16(9-7-15)23-12-19(20,21)13-23;1-8-6-4-9-3-2-5(6)7(10)11;1-2/h4-9,11H,2-3,10,12-13H2,1H3;2-4,8H,1H3,(H,10,11);1-2H3. The van der Waals surface area contributed by atoms with Crippen LogP contribution >= 0.6 is 0 Å². The van der Waals surface area contributed by atoms with Gasteiger partial charge >= 0.3 is 5.97 Å². The Labute approximate surface area is 216 Å². The van der Waals surface area contributed by atoms with Crippen LogP contribution in [-0.4, -0.2) is 55.8 Å². The molecule has 0 unspecified atom stereocenters. The van der Waals surface area contributed by atoms with Gasteiger partial charge < -0.3 is 25.0 Å². The zero-order chi connectivity index (χ0) is 27.0. The molecule has 2 aliphatic heterocycles. The first kappa shape index (κ1) is 27.7. The second-order valence-electron chi connectivity index (χ2n) is 8.51. The average Bonchev–Trinajstić information content (AvgIpc) is 2.92. The van der Waals surface area contributed by atoms with E-state index in [9.17, 15) is 13.6 Å². The number of pyridine rings is 1. The molecule has 0 aliphatic carbocycles. The van der Waals surface area contributed by atoms with E-state index in [1.807, 2.05) is 45.2 Å². The maximum absolute atomic E-state index is 13.0. The second-order valence-corrected chi connectivity index (χ2v) is 8.51. The summed E-state index contributed by atoms with van der Waals surface area (Å²) in [7, 11) is 3.65. The van der Waals surface area contributed by atoms with Gasteiger partial charge in [-0.15, -0.1) is 0 Å². The summed E-state index contributed by atoms with van der Waals surface area (Å²) < 4.78 is 31.7. The summed E-state index contributed by atoms with van der Waals surface area (Å²) in [6, 6.07) is 15.5. The van der Waals surface area contributed by atoms with Gasteiger partial charge in [-0.05, 0) is 54.8 Å². The fourth-order valence-corrected chi connectivity index (χ4v) is 4.05. The zero-order valence-corrected chi connectivity index (χ0v) is 21.7. The van der Waals surface area contributed by atoms with E-state index in [-0.39, 0.29) is 18.7 Å². The smallest absolute Gasteiger partial charge is 0.337 e. The number of fused-ring (bicyclic) bond motifs is 1. The Balaban J connectivity index is 0.000000247. The van der Waals surface area contributed by atoms with Crippen LogP contribution in [0, 0.1) is 0 Å². The lowest BCUT2D eigenvalue weighted by molar-refractivity contribution is -0.0262. The van der Waals surface area contributed by atoms with Gasteiger partial charge in [-0.2, -0.15) is 0 Å². The number of ether oxygens (including phenoxy) is 1. The van der Waals surface area contributed by atoms with E-state index < -0.39 is 11.9 Å². The lowest BCUT2D eigenvalue weighted by Gasteiger charge is -2.40. The van der Waals surface area contributed by atoms with Gasteiger partial charge in [0.05, 0.1) is 37.1 Å². The SMILES string of the molecule is CC.CN(c1ccc(N2CC(F)(F)C2)cc1)c1ccc2c(c1)OCCC2.CNc1cnccc1C(=O)O. The maximum atomic E-state index is 13.0.